The lowest BCUT2D eigenvalue weighted by Crippen LogP contribution is -2.46. The second kappa shape index (κ2) is 13.7. The van der Waals surface area contributed by atoms with Gasteiger partial charge in [0, 0.05) is 23.3 Å². The maximum atomic E-state index is 13.4. The molecular weight excluding hydrogens is 602 g/mol. The highest BCUT2D eigenvalue weighted by Gasteiger charge is 2.43. The number of nitrogens with one attached hydrogen (secondary N) is 3. The Bertz CT molecular complexity index is 1450. The molecule has 0 spiro atoms. The van der Waals surface area contributed by atoms with Gasteiger partial charge in [-0.1, -0.05) is 19.9 Å². The lowest BCUT2D eigenvalue weighted by Gasteiger charge is -2.44. The van der Waals surface area contributed by atoms with Gasteiger partial charge in [-0.25, -0.2) is 0 Å². The van der Waals surface area contributed by atoms with Crippen molar-refractivity contribution in [2.75, 3.05) is 19.0 Å². The minimum absolute atomic E-state index is 0.0853. The van der Waals surface area contributed by atoms with Crippen molar-refractivity contribution in [2.45, 2.75) is 57.5 Å². The van der Waals surface area contributed by atoms with Gasteiger partial charge in [-0.05, 0) is 104 Å². The Kier molecular flexibility index (Phi) is 10.5. The molecule has 3 N–H and O–H groups in total. The van der Waals surface area contributed by atoms with Crippen LogP contribution in [0.2, 0.25) is 0 Å². The molecule has 1 aliphatic carbocycles. The lowest BCUT2D eigenvalue weighted by atomic mass is 9.62. The summed E-state index contributed by atoms with van der Waals surface area (Å²) in [4.78, 5) is 4.46. The van der Waals surface area contributed by atoms with Gasteiger partial charge in [0.1, 0.15) is 5.75 Å². The van der Waals surface area contributed by atoms with Crippen LogP contribution >= 0.6 is 12.2 Å². The van der Waals surface area contributed by atoms with Crippen LogP contribution in [0.3, 0.4) is 0 Å². The first-order valence-corrected chi connectivity index (χ1v) is 14.9. The summed E-state index contributed by atoms with van der Waals surface area (Å²) in [5.74, 6) is 2.02. The molecule has 2 aromatic carbocycles. The molecule has 1 saturated heterocycles. The predicted octanol–water partition coefficient (Wildman–Crippen LogP) is 8.53. The standard InChI is InChI=1S/C30H30F6N4OS.C2H6/c1-3-16-10-17-11-26(38-8-6-22(16)17)27(23-7-9-37-25-5-4-21(41-2)15-24(23)25)40-28(42)39-20-13-18(29(31,32)33)12-19(14-20)30(34,35)36;1-2/h3-5,7,9,12-17,22,26-27,38H,1,6,8,10-11H2,2H3,(H2,39,40,42);1-2H3. The lowest BCUT2D eigenvalue weighted by molar-refractivity contribution is -0.143. The summed E-state index contributed by atoms with van der Waals surface area (Å²) >= 11 is 5.50. The van der Waals surface area contributed by atoms with Gasteiger partial charge >= 0.3 is 12.4 Å². The van der Waals surface area contributed by atoms with Gasteiger partial charge in [-0.2, -0.15) is 26.3 Å². The zero-order valence-electron chi connectivity index (χ0n) is 24.6. The van der Waals surface area contributed by atoms with Crippen molar-refractivity contribution in [1.82, 2.24) is 15.6 Å². The number of hydrogen-bond donors (Lipinski definition) is 3. The molecule has 3 aromatic rings. The largest absolute Gasteiger partial charge is 0.497 e. The molecule has 5 nitrogen and oxygen atoms in total. The van der Waals surface area contributed by atoms with E-state index in [1.807, 2.05) is 38.1 Å². The molecule has 1 aromatic heterocycles. The maximum absolute atomic E-state index is 13.4. The number of methoxy groups -OCH3 is 1. The highest BCUT2D eigenvalue weighted by molar-refractivity contribution is 7.80. The number of ether oxygens (including phenoxy) is 1. The number of halogens is 6. The van der Waals surface area contributed by atoms with E-state index in [9.17, 15) is 26.3 Å². The van der Waals surface area contributed by atoms with Crippen molar-refractivity contribution >= 4 is 33.9 Å². The number of nitrogens with zero attached hydrogens (tertiary/aromatic N) is 1. The molecule has 1 saturated carbocycles. The third-order valence-electron chi connectivity index (χ3n) is 8.33. The van der Waals surface area contributed by atoms with Crippen LogP contribution in [0.5, 0.6) is 5.75 Å². The Hall–Kier alpha value is -3.38. The van der Waals surface area contributed by atoms with Crippen LogP contribution in [0.15, 0.2) is 61.3 Å². The SMILES string of the molecule is C=CC1CC2CC(C(NC(=S)Nc3cc(C(F)(F)F)cc(C(F)(F)F)c3)c3ccnc4ccc(OC)cc34)NCCC12.CC. The van der Waals surface area contributed by atoms with Crippen molar-refractivity contribution in [3.05, 3.63) is 78.0 Å². The highest BCUT2D eigenvalue weighted by atomic mass is 32.1. The van der Waals surface area contributed by atoms with Crippen LogP contribution in [0.1, 0.15) is 55.8 Å². The minimum Gasteiger partial charge on any atom is -0.497 e. The van der Waals surface area contributed by atoms with Crippen LogP contribution < -0.4 is 20.7 Å². The van der Waals surface area contributed by atoms with Crippen LogP contribution in [0, 0.1) is 17.8 Å². The van der Waals surface area contributed by atoms with Crippen molar-refractivity contribution in [3.63, 3.8) is 0 Å². The molecule has 1 aliphatic heterocycles. The van der Waals surface area contributed by atoms with Crippen molar-refractivity contribution in [1.29, 1.82) is 0 Å². The minimum atomic E-state index is -4.98. The van der Waals surface area contributed by atoms with Gasteiger partial charge in [-0.3, -0.25) is 4.98 Å². The number of rotatable bonds is 6. The highest BCUT2D eigenvalue weighted by Crippen LogP contribution is 2.48. The number of benzene rings is 2. The monoisotopic (exact) mass is 638 g/mol. The zero-order chi connectivity index (χ0) is 32.2. The maximum Gasteiger partial charge on any atom is 0.416 e. The molecule has 2 fully saturated rings. The van der Waals surface area contributed by atoms with Crippen molar-refractivity contribution in [2.24, 2.45) is 17.8 Å². The second-order valence-electron chi connectivity index (χ2n) is 10.8. The first kappa shape index (κ1) is 33.5. The van der Waals surface area contributed by atoms with Gasteiger partial charge in [0.25, 0.3) is 0 Å². The average Bonchev–Trinajstić information content (AvgIpc) is 3.14. The number of thiocarbonyl (C=S) groups is 1. The van der Waals surface area contributed by atoms with E-state index in [0.29, 0.717) is 41.2 Å². The molecule has 0 radical (unpaired) electrons. The Labute approximate surface area is 258 Å². The quantitative estimate of drug-likeness (QED) is 0.143. The van der Waals surface area contributed by atoms with E-state index < -0.39 is 35.2 Å². The van der Waals surface area contributed by atoms with Crippen molar-refractivity contribution in [3.8, 4) is 5.75 Å². The summed E-state index contributed by atoms with van der Waals surface area (Å²) in [5, 5.41) is 10.1. The van der Waals surface area contributed by atoms with Gasteiger partial charge in [0.05, 0.1) is 29.8 Å². The molecule has 5 rings (SSSR count). The zero-order valence-corrected chi connectivity index (χ0v) is 25.5. The second-order valence-corrected chi connectivity index (χ2v) is 11.2. The summed E-state index contributed by atoms with van der Waals surface area (Å²) in [6, 6.07) is 7.98. The molecule has 5 unspecified atom stereocenters. The number of hydrogen-bond acceptors (Lipinski definition) is 4. The number of alkyl halides is 6. The molecule has 2 aliphatic rings. The summed E-state index contributed by atoms with van der Waals surface area (Å²) in [7, 11) is 1.55. The number of pyridine rings is 1. The molecule has 44 heavy (non-hydrogen) atoms. The van der Waals surface area contributed by atoms with Crippen LogP contribution in [0.25, 0.3) is 10.9 Å². The normalized spacial score (nSPS) is 22.3. The smallest absolute Gasteiger partial charge is 0.416 e. The first-order chi connectivity index (χ1) is 20.9. The molecule has 0 bridgehead atoms. The summed E-state index contributed by atoms with van der Waals surface area (Å²) in [5.41, 5.74) is -1.75. The van der Waals surface area contributed by atoms with E-state index in [1.54, 1.807) is 19.4 Å². The Morgan fingerprint density at radius 2 is 1.73 bits per heavy atom. The summed E-state index contributed by atoms with van der Waals surface area (Å²) < 4.78 is 86.1. The van der Waals surface area contributed by atoms with Crippen LogP contribution in [0.4, 0.5) is 32.0 Å². The summed E-state index contributed by atoms with van der Waals surface area (Å²) in [6.45, 7) is 8.70. The fourth-order valence-electron chi connectivity index (χ4n) is 6.22. The number of fused-ring (bicyclic) bond motifs is 2. The van der Waals surface area contributed by atoms with Crippen molar-refractivity contribution < 1.29 is 31.1 Å². The molecule has 0 amide bonds. The van der Waals surface area contributed by atoms with E-state index >= 15 is 0 Å². The number of allylic oxidation sites excluding steroid dienone is 1. The third-order valence-corrected chi connectivity index (χ3v) is 8.55. The van der Waals surface area contributed by atoms with E-state index in [0.717, 1.165) is 36.8 Å². The Morgan fingerprint density at radius 1 is 1.05 bits per heavy atom. The molecule has 12 heteroatoms. The van der Waals surface area contributed by atoms with Gasteiger partial charge < -0.3 is 20.7 Å². The number of aromatic nitrogens is 1. The van der Waals surface area contributed by atoms with E-state index in [1.165, 1.54) is 0 Å². The average molecular weight is 639 g/mol. The van der Waals surface area contributed by atoms with E-state index in [2.05, 4.69) is 27.5 Å². The topological polar surface area (TPSA) is 58.2 Å². The fraction of sp³-hybridized carbons (Fsp3) is 0.438. The first-order valence-electron chi connectivity index (χ1n) is 14.5. The Morgan fingerprint density at radius 3 is 2.34 bits per heavy atom. The van der Waals surface area contributed by atoms with Gasteiger partial charge in [0.2, 0.25) is 0 Å². The molecule has 238 valence electrons. The fourth-order valence-corrected chi connectivity index (χ4v) is 6.46. The van der Waals surface area contributed by atoms with Gasteiger partial charge in [-0.15, -0.1) is 6.58 Å². The molecular formula is C32H36F6N4OS. The number of anilines is 1. The van der Waals surface area contributed by atoms with Crippen LogP contribution in [-0.4, -0.2) is 29.8 Å². The third kappa shape index (κ3) is 7.46. The molecule has 2 heterocycles. The van der Waals surface area contributed by atoms with Crippen LogP contribution in [-0.2, 0) is 12.4 Å². The van der Waals surface area contributed by atoms with E-state index in [-0.39, 0.29) is 17.2 Å². The van der Waals surface area contributed by atoms with E-state index in [4.69, 9.17) is 17.0 Å². The van der Waals surface area contributed by atoms with Gasteiger partial charge in [0.15, 0.2) is 5.11 Å². The molecule has 5 atom stereocenters. The summed E-state index contributed by atoms with van der Waals surface area (Å²) in [6.07, 6.45) is -3.50. The predicted molar refractivity (Wildman–Crippen MR) is 164 cm³/mol. The Balaban J connectivity index is 0.00000216.